The maximum absolute atomic E-state index is 12.3. The van der Waals surface area contributed by atoms with Gasteiger partial charge in [-0.3, -0.25) is 0 Å². The summed E-state index contributed by atoms with van der Waals surface area (Å²) in [5.74, 6) is -0.794. The molecule has 0 unspecified atom stereocenters. The molecule has 0 aliphatic rings. The highest BCUT2D eigenvalue weighted by Crippen LogP contribution is 2.31. The van der Waals surface area contributed by atoms with Gasteiger partial charge in [0.15, 0.2) is 0 Å². The number of hydrogen-bond acceptors (Lipinski definition) is 3. The zero-order valence-electron chi connectivity index (χ0n) is 8.08. The topological polar surface area (TPSA) is 49.7 Å². The fourth-order valence-corrected chi connectivity index (χ4v) is 1.11. The fraction of sp³-hybridized carbons (Fsp3) is 0.250. The number of ether oxygens (including phenoxy) is 1. The van der Waals surface area contributed by atoms with Crippen LogP contribution in [-0.4, -0.2) is 23.8 Å². The SMILES string of the molecule is OB(O)c1cc(OC(F)F)cc(C(F)(F)F)c1. The average Bonchev–Trinajstić information content (AvgIpc) is 2.14. The van der Waals surface area contributed by atoms with Crippen molar-refractivity contribution in [2.75, 3.05) is 0 Å². The van der Waals surface area contributed by atoms with Gasteiger partial charge in [-0.2, -0.15) is 22.0 Å². The smallest absolute Gasteiger partial charge is 0.435 e. The van der Waals surface area contributed by atoms with Crippen molar-refractivity contribution >= 4 is 12.6 Å². The van der Waals surface area contributed by atoms with E-state index in [1.165, 1.54) is 0 Å². The van der Waals surface area contributed by atoms with Crippen LogP contribution in [0.4, 0.5) is 22.0 Å². The van der Waals surface area contributed by atoms with Gasteiger partial charge in [0.1, 0.15) is 5.75 Å². The van der Waals surface area contributed by atoms with Crippen LogP contribution in [0.25, 0.3) is 0 Å². The van der Waals surface area contributed by atoms with Crippen molar-refractivity contribution in [3.63, 3.8) is 0 Å². The van der Waals surface area contributed by atoms with E-state index in [4.69, 9.17) is 10.0 Å². The lowest BCUT2D eigenvalue weighted by molar-refractivity contribution is -0.138. The van der Waals surface area contributed by atoms with Gasteiger partial charge in [0.05, 0.1) is 5.56 Å². The Bertz CT molecular complexity index is 393. The molecule has 17 heavy (non-hydrogen) atoms. The van der Waals surface area contributed by atoms with Crippen LogP contribution < -0.4 is 10.2 Å². The van der Waals surface area contributed by atoms with E-state index < -0.39 is 36.7 Å². The van der Waals surface area contributed by atoms with E-state index >= 15 is 0 Å². The molecule has 9 heteroatoms. The Morgan fingerprint density at radius 1 is 1.12 bits per heavy atom. The summed E-state index contributed by atoms with van der Waals surface area (Å²) in [6.07, 6.45) is -4.80. The van der Waals surface area contributed by atoms with Crippen molar-refractivity contribution in [3.8, 4) is 5.75 Å². The van der Waals surface area contributed by atoms with Crippen molar-refractivity contribution in [1.29, 1.82) is 0 Å². The molecular weight excluding hydrogens is 250 g/mol. The van der Waals surface area contributed by atoms with Gasteiger partial charge in [0.2, 0.25) is 0 Å². The number of halogens is 5. The Morgan fingerprint density at radius 2 is 1.71 bits per heavy atom. The summed E-state index contributed by atoms with van der Waals surface area (Å²) in [5, 5.41) is 17.4. The second-order valence-corrected chi connectivity index (χ2v) is 3.04. The van der Waals surface area contributed by atoms with E-state index in [-0.39, 0.29) is 0 Å². The minimum absolute atomic E-state index is 0.345. The summed E-state index contributed by atoms with van der Waals surface area (Å²) in [4.78, 5) is 0. The quantitative estimate of drug-likeness (QED) is 0.626. The van der Waals surface area contributed by atoms with Crippen molar-refractivity contribution in [2.24, 2.45) is 0 Å². The standard InChI is InChI=1S/C8H6BF5O3/c10-7(11)17-6-2-4(8(12,13)14)1-5(3-6)9(15)16/h1-3,7,15-16H. The molecular formula is C8H6BF5O3. The summed E-state index contributed by atoms with van der Waals surface area (Å²) in [6.45, 7) is -3.30. The van der Waals surface area contributed by atoms with Gasteiger partial charge in [-0.05, 0) is 23.7 Å². The van der Waals surface area contributed by atoms with Crippen LogP contribution in [-0.2, 0) is 6.18 Å². The predicted molar refractivity (Wildman–Crippen MR) is 47.9 cm³/mol. The molecule has 0 amide bonds. The molecule has 0 bridgehead atoms. The minimum Gasteiger partial charge on any atom is -0.435 e. The number of benzene rings is 1. The van der Waals surface area contributed by atoms with E-state index in [2.05, 4.69) is 4.74 Å². The van der Waals surface area contributed by atoms with E-state index in [0.29, 0.717) is 18.2 Å². The third kappa shape index (κ3) is 3.86. The second-order valence-electron chi connectivity index (χ2n) is 3.04. The lowest BCUT2D eigenvalue weighted by atomic mass is 9.79. The zero-order chi connectivity index (χ0) is 13.2. The predicted octanol–water partition coefficient (Wildman–Crippen LogP) is 0.987. The van der Waals surface area contributed by atoms with Gasteiger partial charge < -0.3 is 14.8 Å². The van der Waals surface area contributed by atoms with Crippen molar-refractivity contribution in [2.45, 2.75) is 12.8 Å². The van der Waals surface area contributed by atoms with Gasteiger partial charge in [-0.25, -0.2) is 0 Å². The number of hydrogen-bond donors (Lipinski definition) is 2. The Morgan fingerprint density at radius 3 is 2.12 bits per heavy atom. The molecule has 3 nitrogen and oxygen atoms in total. The molecule has 0 atom stereocenters. The molecule has 2 N–H and O–H groups in total. The molecule has 0 radical (unpaired) electrons. The van der Waals surface area contributed by atoms with Gasteiger partial charge in [0.25, 0.3) is 0 Å². The van der Waals surface area contributed by atoms with Crippen molar-refractivity contribution in [3.05, 3.63) is 23.8 Å². The first-order valence-corrected chi connectivity index (χ1v) is 4.23. The van der Waals surface area contributed by atoms with Gasteiger partial charge in [0, 0.05) is 0 Å². The molecule has 1 rings (SSSR count). The molecule has 1 aromatic carbocycles. The molecule has 0 aromatic heterocycles. The number of rotatable bonds is 3. The Kier molecular flexibility index (Phi) is 3.94. The molecule has 0 saturated heterocycles. The van der Waals surface area contributed by atoms with E-state index in [9.17, 15) is 22.0 Å². The summed E-state index contributed by atoms with van der Waals surface area (Å²) < 4.78 is 64.5. The third-order valence-corrected chi connectivity index (χ3v) is 1.78. The van der Waals surface area contributed by atoms with Gasteiger partial charge >= 0.3 is 19.9 Å². The van der Waals surface area contributed by atoms with Crippen LogP contribution in [0.1, 0.15) is 5.56 Å². The summed E-state index contributed by atoms with van der Waals surface area (Å²) in [6, 6.07) is 1.47. The second kappa shape index (κ2) is 4.88. The maximum Gasteiger partial charge on any atom is 0.488 e. The maximum atomic E-state index is 12.3. The molecule has 0 heterocycles. The van der Waals surface area contributed by atoms with Gasteiger partial charge in [-0.1, -0.05) is 0 Å². The molecule has 1 aromatic rings. The Hall–Kier alpha value is -1.35. The van der Waals surface area contributed by atoms with E-state index in [0.717, 1.165) is 0 Å². The monoisotopic (exact) mass is 256 g/mol. The van der Waals surface area contributed by atoms with Crippen molar-refractivity contribution in [1.82, 2.24) is 0 Å². The molecule has 94 valence electrons. The Balaban J connectivity index is 3.19. The molecule has 0 aliphatic heterocycles. The third-order valence-electron chi connectivity index (χ3n) is 1.78. The molecule has 0 aliphatic carbocycles. The molecule has 0 spiro atoms. The highest BCUT2D eigenvalue weighted by atomic mass is 19.4. The average molecular weight is 256 g/mol. The van der Waals surface area contributed by atoms with Crippen LogP contribution in [0.15, 0.2) is 18.2 Å². The van der Waals surface area contributed by atoms with Crippen LogP contribution in [0, 0.1) is 0 Å². The van der Waals surface area contributed by atoms with Crippen LogP contribution in [0.2, 0.25) is 0 Å². The van der Waals surface area contributed by atoms with E-state index in [1.807, 2.05) is 0 Å². The zero-order valence-corrected chi connectivity index (χ0v) is 8.08. The highest BCUT2D eigenvalue weighted by molar-refractivity contribution is 6.58. The summed E-state index contributed by atoms with van der Waals surface area (Å²) in [7, 11) is -2.21. The largest absolute Gasteiger partial charge is 0.488 e. The normalized spacial score (nSPS) is 11.8. The fourth-order valence-electron chi connectivity index (χ4n) is 1.11. The first-order chi connectivity index (χ1) is 7.70. The first kappa shape index (κ1) is 13.7. The first-order valence-electron chi connectivity index (χ1n) is 4.23. The summed E-state index contributed by atoms with van der Waals surface area (Å²) in [5.41, 5.74) is -1.89. The van der Waals surface area contributed by atoms with Crippen molar-refractivity contribution < 1.29 is 36.7 Å². The van der Waals surface area contributed by atoms with Crippen LogP contribution in [0.5, 0.6) is 5.75 Å². The molecule has 0 fully saturated rings. The summed E-state index contributed by atoms with van der Waals surface area (Å²) >= 11 is 0. The number of alkyl halides is 5. The van der Waals surface area contributed by atoms with Gasteiger partial charge in [-0.15, -0.1) is 0 Å². The van der Waals surface area contributed by atoms with Crippen LogP contribution >= 0.6 is 0 Å². The highest BCUT2D eigenvalue weighted by Gasteiger charge is 2.32. The van der Waals surface area contributed by atoms with Crippen LogP contribution in [0.3, 0.4) is 0 Å². The van der Waals surface area contributed by atoms with E-state index in [1.54, 1.807) is 0 Å². The lowest BCUT2D eigenvalue weighted by Crippen LogP contribution is -2.31. The lowest BCUT2D eigenvalue weighted by Gasteiger charge is -2.12. The minimum atomic E-state index is -4.80. The molecule has 0 saturated carbocycles. The Labute approximate surface area is 92.6 Å².